The number of fused-ring (bicyclic) bond motifs is 6. The molecule has 0 spiro atoms. The average Bonchev–Trinajstić information content (AvgIpc) is 3.71. The summed E-state index contributed by atoms with van der Waals surface area (Å²) < 4.78 is 25.1. The van der Waals surface area contributed by atoms with Gasteiger partial charge < -0.3 is 33.9 Å². The predicted molar refractivity (Wildman–Crippen MR) is 266 cm³/mol. The van der Waals surface area contributed by atoms with E-state index in [1.54, 1.807) is 35.8 Å². The number of unbranched alkanes of at least 4 members (excludes halogenated alkanes) is 10. The van der Waals surface area contributed by atoms with Gasteiger partial charge in [-0.05, 0) is 132 Å². The van der Waals surface area contributed by atoms with Crippen LogP contribution in [-0.2, 0) is 55.5 Å². The van der Waals surface area contributed by atoms with Crippen LogP contribution in [0, 0.1) is 20.8 Å². The number of aliphatic hydroxyl groups is 1. The van der Waals surface area contributed by atoms with Gasteiger partial charge in [0, 0.05) is 28.5 Å². The predicted octanol–water partition coefficient (Wildman–Crippen LogP) is 10.2. The highest BCUT2D eigenvalue weighted by Gasteiger charge is 2.46. The lowest BCUT2D eigenvalue weighted by atomic mass is 9.84. The smallest absolute Gasteiger partial charge is 0.343 e. The maximum Gasteiger partial charge on any atom is 0.343 e. The number of Topliss-reactive ketones (excluding diaryl/α,β-unsaturated/α-hetero) is 1. The molecule has 0 amide bonds. The Labute approximate surface area is 407 Å². The van der Waals surface area contributed by atoms with Gasteiger partial charge >= 0.3 is 17.9 Å². The molecule has 2 aromatic heterocycles. The molecule has 0 saturated carbocycles. The SMILES string of the molecule is CCCCCCCCNCCCCCCCCC(=O)[C@]1(C)CCc2c(C)c(OC(=O)CCC(=O)Oc3ccc4nc5c(c(CC)c4c3)Cn3c-5cc4c(c3=O)COC(=O)[C@]4(O)CC)c(C)c(C)c2O1. The van der Waals surface area contributed by atoms with Crippen molar-refractivity contribution in [3.63, 3.8) is 0 Å². The molecule has 2 aromatic carbocycles. The summed E-state index contributed by atoms with van der Waals surface area (Å²) in [6.07, 6.45) is 16.5. The molecule has 4 aromatic rings. The highest BCUT2D eigenvalue weighted by Crippen LogP contribution is 2.45. The third-order valence-corrected chi connectivity index (χ3v) is 14.9. The summed E-state index contributed by atoms with van der Waals surface area (Å²) >= 11 is 0. The van der Waals surface area contributed by atoms with E-state index >= 15 is 0 Å². The number of hydrogen-bond acceptors (Lipinski definition) is 12. The van der Waals surface area contributed by atoms with Crippen LogP contribution < -0.4 is 25.1 Å². The number of hydrogen-bond donors (Lipinski definition) is 2. The minimum absolute atomic E-state index is 0.0509. The number of esters is 3. The maximum atomic E-state index is 13.7. The summed E-state index contributed by atoms with van der Waals surface area (Å²) in [5.41, 5.74) is 4.14. The quantitative estimate of drug-likeness (QED) is 0.0341. The van der Waals surface area contributed by atoms with Gasteiger partial charge in [0.05, 0.1) is 41.9 Å². The molecular formula is C56H73N3O10. The zero-order chi connectivity index (χ0) is 49.5. The molecule has 5 heterocycles. The Morgan fingerprint density at radius 2 is 1.46 bits per heavy atom. The second-order valence-corrected chi connectivity index (χ2v) is 19.7. The fourth-order valence-electron chi connectivity index (χ4n) is 10.4. The number of ketones is 1. The lowest BCUT2D eigenvalue weighted by Crippen LogP contribution is -2.44. The van der Waals surface area contributed by atoms with Crippen molar-refractivity contribution in [2.24, 2.45) is 0 Å². The number of carbonyl (C=O) groups excluding carboxylic acids is 4. The minimum atomic E-state index is -1.92. The summed E-state index contributed by atoms with van der Waals surface area (Å²) in [6.45, 7) is 15.8. The molecule has 2 atom stereocenters. The minimum Gasteiger partial charge on any atom is -0.479 e. The topological polar surface area (TPSA) is 172 Å². The lowest BCUT2D eigenvalue weighted by molar-refractivity contribution is -0.172. The molecule has 7 rings (SSSR count). The van der Waals surface area contributed by atoms with Crippen LogP contribution in [0.4, 0.5) is 0 Å². The molecule has 0 bridgehead atoms. The Morgan fingerprint density at radius 3 is 2.14 bits per heavy atom. The molecule has 69 heavy (non-hydrogen) atoms. The molecule has 2 N–H and O–H groups in total. The first-order chi connectivity index (χ1) is 33.1. The fourth-order valence-corrected chi connectivity index (χ4v) is 10.4. The molecule has 0 saturated heterocycles. The molecule has 372 valence electrons. The zero-order valence-corrected chi connectivity index (χ0v) is 42.1. The average molecular weight is 948 g/mol. The van der Waals surface area contributed by atoms with Gasteiger partial charge in [-0.1, -0.05) is 78.6 Å². The maximum absolute atomic E-state index is 13.7. The van der Waals surface area contributed by atoms with E-state index in [1.807, 2.05) is 34.6 Å². The highest BCUT2D eigenvalue weighted by molar-refractivity contribution is 5.91. The first kappa shape index (κ1) is 51.5. The van der Waals surface area contributed by atoms with Crippen molar-refractivity contribution in [1.82, 2.24) is 14.9 Å². The third kappa shape index (κ3) is 11.0. The van der Waals surface area contributed by atoms with Crippen molar-refractivity contribution in [2.45, 2.75) is 195 Å². The highest BCUT2D eigenvalue weighted by atomic mass is 16.6. The number of aromatic nitrogens is 2. The van der Waals surface area contributed by atoms with Crippen LogP contribution in [0.2, 0.25) is 0 Å². The molecule has 0 aliphatic carbocycles. The molecule has 13 heteroatoms. The van der Waals surface area contributed by atoms with Gasteiger partial charge in [-0.15, -0.1) is 0 Å². The fraction of sp³-hybridized carbons (Fsp3) is 0.571. The summed E-state index contributed by atoms with van der Waals surface area (Å²) in [7, 11) is 0. The van der Waals surface area contributed by atoms with E-state index in [0.29, 0.717) is 59.8 Å². The van der Waals surface area contributed by atoms with Crippen molar-refractivity contribution >= 4 is 34.6 Å². The summed E-state index contributed by atoms with van der Waals surface area (Å²) in [4.78, 5) is 71.3. The number of cyclic esters (lactones) is 1. The molecule has 0 unspecified atom stereocenters. The zero-order valence-electron chi connectivity index (χ0n) is 42.1. The van der Waals surface area contributed by atoms with E-state index in [-0.39, 0.29) is 54.9 Å². The summed E-state index contributed by atoms with van der Waals surface area (Å²) in [5.74, 6) is -0.378. The number of nitrogens with one attached hydrogen (secondary N) is 1. The lowest BCUT2D eigenvalue weighted by Gasteiger charge is -2.37. The van der Waals surface area contributed by atoms with E-state index in [2.05, 4.69) is 12.2 Å². The van der Waals surface area contributed by atoms with Gasteiger partial charge in [0.2, 0.25) is 0 Å². The van der Waals surface area contributed by atoms with Crippen molar-refractivity contribution in [3.05, 3.63) is 79.1 Å². The van der Waals surface area contributed by atoms with Gasteiger partial charge in [0.1, 0.15) is 23.9 Å². The number of aryl methyl sites for hydroxylation is 1. The molecule has 13 nitrogen and oxygen atoms in total. The van der Waals surface area contributed by atoms with E-state index in [4.69, 9.17) is 23.9 Å². The molecular weight excluding hydrogens is 875 g/mol. The van der Waals surface area contributed by atoms with Crippen molar-refractivity contribution < 1.29 is 43.2 Å². The van der Waals surface area contributed by atoms with Gasteiger partial charge in [-0.2, -0.15) is 0 Å². The Morgan fingerprint density at radius 1 is 0.797 bits per heavy atom. The van der Waals surface area contributed by atoms with Gasteiger partial charge in [0.25, 0.3) is 5.56 Å². The van der Waals surface area contributed by atoms with Crippen LogP contribution in [-0.4, -0.2) is 57.0 Å². The largest absolute Gasteiger partial charge is 0.479 e. The molecule has 0 fully saturated rings. The van der Waals surface area contributed by atoms with Crippen LogP contribution >= 0.6 is 0 Å². The van der Waals surface area contributed by atoms with Crippen molar-refractivity contribution in [3.8, 4) is 28.6 Å². The first-order valence-corrected chi connectivity index (χ1v) is 25.7. The summed E-state index contributed by atoms with van der Waals surface area (Å²) in [5, 5.41) is 15.6. The summed E-state index contributed by atoms with van der Waals surface area (Å²) in [6, 6.07) is 6.83. The molecule has 0 radical (unpaired) electrons. The van der Waals surface area contributed by atoms with Crippen molar-refractivity contribution in [2.75, 3.05) is 13.1 Å². The molecule has 3 aliphatic rings. The van der Waals surface area contributed by atoms with E-state index in [0.717, 1.165) is 71.1 Å². The number of rotatable bonds is 24. The number of benzene rings is 2. The van der Waals surface area contributed by atoms with E-state index in [1.165, 1.54) is 57.8 Å². The van der Waals surface area contributed by atoms with Gasteiger partial charge in [-0.25, -0.2) is 9.78 Å². The Hall–Kier alpha value is -5.40. The number of nitrogens with zero attached hydrogens (tertiary/aromatic N) is 2. The second-order valence-electron chi connectivity index (χ2n) is 19.7. The second kappa shape index (κ2) is 22.6. The van der Waals surface area contributed by atoms with Gasteiger partial charge in [-0.3, -0.25) is 19.2 Å². The van der Waals surface area contributed by atoms with Crippen LogP contribution in [0.1, 0.15) is 181 Å². The number of pyridine rings is 2. The van der Waals surface area contributed by atoms with Crippen LogP contribution in [0.25, 0.3) is 22.3 Å². The Kier molecular flexibility index (Phi) is 16.8. The standard InChI is InChI=1S/C56H73N3O10/c1-8-11-12-13-17-20-29-57-30-21-18-15-14-16-19-22-47(60)55(7)28-27-40-37(6)51(35(4)36(5)52(40)69-55)68-49(62)26-25-48(61)67-38-23-24-45-41(31-38)39(9-2)42-33-59-46(50(42)58-45)32-44-43(53(59)63)34-66-54(64)56(44,65)10-3/h23-24,31-32,57,65H,8-22,25-30,33-34H2,1-7H3/t55-,56-/m0/s1. The van der Waals surface area contributed by atoms with Gasteiger partial charge in [0.15, 0.2) is 17.0 Å². The normalized spacial score (nSPS) is 17.9. The third-order valence-electron chi connectivity index (χ3n) is 14.9. The van der Waals surface area contributed by atoms with Crippen LogP contribution in [0.3, 0.4) is 0 Å². The first-order valence-electron chi connectivity index (χ1n) is 25.7. The number of ether oxygens (including phenoxy) is 4. The molecule has 3 aliphatic heterocycles. The van der Waals surface area contributed by atoms with E-state index < -0.39 is 29.1 Å². The van der Waals surface area contributed by atoms with Crippen LogP contribution in [0.15, 0.2) is 29.1 Å². The monoisotopic (exact) mass is 948 g/mol. The Bertz CT molecular complexity index is 2650. The number of carbonyl (C=O) groups is 4. The van der Waals surface area contributed by atoms with Crippen molar-refractivity contribution in [1.29, 1.82) is 0 Å². The van der Waals surface area contributed by atoms with E-state index in [9.17, 15) is 29.1 Å². The Balaban J connectivity index is 0.895. The van der Waals surface area contributed by atoms with Crippen LogP contribution in [0.5, 0.6) is 17.2 Å².